The second kappa shape index (κ2) is 6.90. The molecule has 1 atom stereocenters. The maximum absolute atomic E-state index is 12.5. The fraction of sp³-hybridized carbons (Fsp3) is 0.938. The van der Waals surface area contributed by atoms with E-state index in [1.165, 1.54) is 6.42 Å². The van der Waals surface area contributed by atoms with Crippen LogP contribution in [0.4, 0.5) is 0 Å². The molecule has 2 aliphatic rings. The van der Waals surface area contributed by atoms with Crippen molar-refractivity contribution in [1.29, 1.82) is 0 Å². The lowest BCUT2D eigenvalue weighted by molar-refractivity contribution is -0.134. The third kappa shape index (κ3) is 3.73. The molecule has 2 fully saturated rings. The molecule has 0 aromatic heterocycles. The van der Waals surface area contributed by atoms with Crippen LogP contribution in [0.15, 0.2) is 0 Å². The molecule has 1 amide bonds. The molecule has 20 heavy (non-hydrogen) atoms. The zero-order chi connectivity index (χ0) is 14.6. The first kappa shape index (κ1) is 15.8. The summed E-state index contributed by atoms with van der Waals surface area (Å²) >= 11 is 0. The Morgan fingerprint density at radius 2 is 1.90 bits per heavy atom. The first-order valence-corrected chi connectivity index (χ1v) is 8.24. The van der Waals surface area contributed by atoms with Crippen LogP contribution in [0, 0.1) is 5.92 Å². The molecule has 1 saturated heterocycles. The Hall–Kier alpha value is -0.610. The van der Waals surface area contributed by atoms with Crippen molar-refractivity contribution in [1.82, 2.24) is 10.2 Å². The lowest BCUT2D eigenvalue weighted by Gasteiger charge is -2.41. The lowest BCUT2D eigenvalue weighted by atomic mass is 9.77. The number of hydrogen-bond acceptors (Lipinski definition) is 3. The summed E-state index contributed by atoms with van der Waals surface area (Å²) in [5.74, 6) is 0.945. The highest BCUT2D eigenvalue weighted by Crippen LogP contribution is 2.32. The van der Waals surface area contributed by atoms with Gasteiger partial charge >= 0.3 is 0 Å². The largest absolute Gasteiger partial charge is 0.394 e. The average Bonchev–Trinajstić information content (AvgIpc) is 2.50. The summed E-state index contributed by atoms with van der Waals surface area (Å²) in [6, 6.07) is -0.186. The zero-order valence-electron chi connectivity index (χ0n) is 13.0. The number of aliphatic hydroxyl groups is 1. The minimum Gasteiger partial charge on any atom is -0.394 e. The van der Waals surface area contributed by atoms with Crippen molar-refractivity contribution in [2.24, 2.45) is 5.92 Å². The van der Waals surface area contributed by atoms with Gasteiger partial charge in [0.05, 0.1) is 12.6 Å². The van der Waals surface area contributed by atoms with Gasteiger partial charge in [0.15, 0.2) is 0 Å². The van der Waals surface area contributed by atoms with Gasteiger partial charge in [-0.2, -0.15) is 0 Å². The number of aliphatic hydroxyl groups excluding tert-OH is 1. The van der Waals surface area contributed by atoms with Crippen LogP contribution in [0.1, 0.15) is 58.8 Å². The maximum atomic E-state index is 12.5. The molecule has 1 heterocycles. The average molecular weight is 282 g/mol. The van der Waals surface area contributed by atoms with E-state index in [0.717, 1.165) is 57.5 Å². The predicted molar refractivity (Wildman–Crippen MR) is 80.5 cm³/mol. The molecular weight excluding hydrogens is 252 g/mol. The molecular formula is C16H30N2O2. The summed E-state index contributed by atoms with van der Waals surface area (Å²) < 4.78 is 0. The van der Waals surface area contributed by atoms with Crippen LogP contribution in [0.5, 0.6) is 0 Å². The molecule has 116 valence electrons. The summed E-state index contributed by atoms with van der Waals surface area (Å²) in [5.41, 5.74) is -0.239. The molecule has 0 aromatic carbocycles. The Balaban J connectivity index is 1.91. The smallest absolute Gasteiger partial charge is 0.239 e. The summed E-state index contributed by atoms with van der Waals surface area (Å²) in [5, 5.41) is 13.2. The fourth-order valence-electron chi connectivity index (χ4n) is 3.57. The van der Waals surface area contributed by atoms with E-state index in [1.54, 1.807) is 0 Å². The Bertz CT molecular complexity index is 318. The molecule has 2 rings (SSSR count). The van der Waals surface area contributed by atoms with Crippen LogP contribution >= 0.6 is 0 Å². The second-order valence-electron chi connectivity index (χ2n) is 6.87. The Labute approximate surface area is 122 Å². The molecule has 0 spiro atoms. The normalized spacial score (nSPS) is 33.0. The van der Waals surface area contributed by atoms with Gasteiger partial charge in [-0.15, -0.1) is 0 Å². The number of amides is 1. The van der Waals surface area contributed by atoms with Crippen LogP contribution in [-0.2, 0) is 4.79 Å². The van der Waals surface area contributed by atoms with Crippen molar-refractivity contribution in [3.05, 3.63) is 0 Å². The van der Waals surface area contributed by atoms with Crippen molar-refractivity contribution >= 4 is 5.91 Å². The molecule has 1 saturated carbocycles. The molecule has 1 aliphatic carbocycles. The highest BCUT2D eigenvalue weighted by Gasteiger charge is 2.36. The first-order chi connectivity index (χ1) is 9.56. The number of likely N-dealkylation sites (tertiary alicyclic amines) is 1. The summed E-state index contributed by atoms with van der Waals surface area (Å²) in [6.07, 6.45) is 7.72. The van der Waals surface area contributed by atoms with Gasteiger partial charge < -0.3 is 10.0 Å². The van der Waals surface area contributed by atoms with Gasteiger partial charge in [-0.05, 0) is 57.8 Å². The number of carbonyl (C=O) groups is 1. The lowest BCUT2D eigenvalue weighted by Crippen LogP contribution is -2.58. The molecule has 1 aliphatic heterocycles. The first-order valence-electron chi connectivity index (χ1n) is 8.24. The predicted octanol–water partition coefficient (Wildman–Crippen LogP) is 1.92. The number of piperidine rings is 1. The number of rotatable bonds is 4. The van der Waals surface area contributed by atoms with E-state index in [-0.39, 0.29) is 24.1 Å². The zero-order valence-corrected chi connectivity index (χ0v) is 13.0. The van der Waals surface area contributed by atoms with Gasteiger partial charge in [0.1, 0.15) is 0 Å². The van der Waals surface area contributed by atoms with Crippen LogP contribution < -0.4 is 5.32 Å². The van der Waals surface area contributed by atoms with Crippen molar-refractivity contribution in [2.75, 3.05) is 19.7 Å². The summed E-state index contributed by atoms with van der Waals surface area (Å²) in [4.78, 5) is 14.5. The third-order valence-corrected chi connectivity index (χ3v) is 5.09. The van der Waals surface area contributed by atoms with E-state index in [4.69, 9.17) is 0 Å². The van der Waals surface area contributed by atoms with Crippen molar-refractivity contribution in [2.45, 2.75) is 70.4 Å². The molecule has 4 nitrogen and oxygen atoms in total. The highest BCUT2D eigenvalue weighted by atomic mass is 16.3. The second-order valence-corrected chi connectivity index (χ2v) is 6.87. The van der Waals surface area contributed by atoms with Gasteiger partial charge in [0, 0.05) is 18.6 Å². The van der Waals surface area contributed by atoms with E-state index in [2.05, 4.69) is 12.2 Å². The molecule has 4 heteroatoms. The fourth-order valence-corrected chi connectivity index (χ4v) is 3.57. The molecule has 0 bridgehead atoms. The maximum Gasteiger partial charge on any atom is 0.239 e. The van der Waals surface area contributed by atoms with Gasteiger partial charge in [0.2, 0.25) is 5.91 Å². The van der Waals surface area contributed by atoms with E-state index in [9.17, 15) is 9.90 Å². The third-order valence-electron chi connectivity index (χ3n) is 5.09. The monoisotopic (exact) mass is 282 g/mol. The number of carbonyl (C=O) groups excluding carboxylic acids is 1. The van der Waals surface area contributed by atoms with Crippen molar-refractivity contribution < 1.29 is 9.90 Å². The topological polar surface area (TPSA) is 52.6 Å². The molecule has 2 N–H and O–H groups in total. The van der Waals surface area contributed by atoms with Crippen LogP contribution in [-0.4, -0.2) is 47.2 Å². The highest BCUT2D eigenvalue weighted by molar-refractivity contribution is 5.81. The molecule has 1 unspecified atom stereocenters. The number of nitrogens with one attached hydrogen (secondary N) is 1. The van der Waals surface area contributed by atoms with Crippen LogP contribution in [0.2, 0.25) is 0 Å². The Morgan fingerprint density at radius 3 is 2.45 bits per heavy atom. The SMILES string of the molecule is CC1CCC(CO)(NC(C)C(=O)N2CCCCC2)CC1. The van der Waals surface area contributed by atoms with E-state index >= 15 is 0 Å². The van der Waals surface area contributed by atoms with Crippen LogP contribution in [0.25, 0.3) is 0 Å². The van der Waals surface area contributed by atoms with Crippen molar-refractivity contribution in [3.8, 4) is 0 Å². The minimum absolute atomic E-state index is 0.136. The standard InChI is InChI=1S/C16H30N2O2/c1-13-6-8-16(12-19,9-7-13)17-14(2)15(20)18-10-4-3-5-11-18/h13-14,17,19H,3-12H2,1-2H3. The van der Waals surface area contributed by atoms with E-state index in [1.807, 2.05) is 11.8 Å². The number of nitrogens with zero attached hydrogens (tertiary/aromatic N) is 1. The van der Waals surface area contributed by atoms with E-state index < -0.39 is 0 Å². The number of hydrogen-bond donors (Lipinski definition) is 2. The molecule has 0 aromatic rings. The van der Waals surface area contributed by atoms with Gasteiger partial charge in [-0.3, -0.25) is 10.1 Å². The summed E-state index contributed by atoms with van der Waals surface area (Å²) in [7, 11) is 0. The minimum atomic E-state index is -0.239. The van der Waals surface area contributed by atoms with E-state index in [0.29, 0.717) is 0 Å². The van der Waals surface area contributed by atoms with Crippen molar-refractivity contribution in [3.63, 3.8) is 0 Å². The Morgan fingerprint density at radius 1 is 1.30 bits per heavy atom. The quantitative estimate of drug-likeness (QED) is 0.828. The van der Waals surface area contributed by atoms with Gasteiger partial charge in [0.25, 0.3) is 0 Å². The van der Waals surface area contributed by atoms with Gasteiger partial charge in [-0.25, -0.2) is 0 Å². The van der Waals surface area contributed by atoms with Gasteiger partial charge in [-0.1, -0.05) is 6.92 Å². The Kier molecular flexibility index (Phi) is 5.44. The summed E-state index contributed by atoms with van der Waals surface area (Å²) in [6.45, 7) is 6.15. The molecule has 0 radical (unpaired) electrons. The van der Waals surface area contributed by atoms with Crippen LogP contribution in [0.3, 0.4) is 0 Å².